The summed E-state index contributed by atoms with van der Waals surface area (Å²) in [6, 6.07) is 15.0. The maximum atomic E-state index is 12.2. The first-order chi connectivity index (χ1) is 12.1. The lowest BCUT2D eigenvalue weighted by molar-refractivity contribution is 0.0955. The van der Waals surface area contributed by atoms with Crippen LogP contribution in [0.5, 0.6) is 0 Å². The van der Waals surface area contributed by atoms with E-state index in [1.54, 1.807) is 12.3 Å². The number of aromatic nitrogens is 3. The van der Waals surface area contributed by atoms with Crippen LogP contribution in [0.1, 0.15) is 33.0 Å². The molecule has 1 N–H and O–H groups in total. The van der Waals surface area contributed by atoms with Gasteiger partial charge in [-0.2, -0.15) is 10.2 Å². The number of hydrazone groups is 1. The van der Waals surface area contributed by atoms with Crippen molar-refractivity contribution in [2.45, 2.75) is 20.4 Å². The topological polar surface area (TPSA) is 72.2 Å². The van der Waals surface area contributed by atoms with Crippen LogP contribution in [0.25, 0.3) is 0 Å². The Morgan fingerprint density at radius 3 is 2.80 bits per heavy atom. The van der Waals surface area contributed by atoms with Crippen molar-refractivity contribution in [1.29, 1.82) is 0 Å². The van der Waals surface area contributed by atoms with Crippen LogP contribution in [0.3, 0.4) is 0 Å². The highest BCUT2D eigenvalue weighted by atomic mass is 16.2. The van der Waals surface area contributed by atoms with Gasteiger partial charge in [-0.05, 0) is 49.7 Å². The fourth-order valence-electron chi connectivity index (χ4n) is 2.49. The fraction of sp³-hybridized carbons (Fsp3) is 0.158. The molecule has 0 saturated carbocycles. The number of aryl methyl sites for hydroxylation is 2. The molecule has 0 aliphatic rings. The molecule has 6 heteroatoms. The van der Waals surface area contributed by atoms with Crippen LogP contribution in [0, 0.1) is 13.8 Å². The van der Waals surface area contributed by atoms with E-state index in [0.717, 1.165) is 17.0 Å². The lowest BCUT2D eigenvalue weighted by Crippen LogP contribution is -2.18. The maximum Gasteiger partial charge on any atom is 0.271 e. The van der Waals surface area contributed by atoms with Gasteiger partial charge < -0.3 is 0 Å². The zero-order valence-corrected chi connectivity index (χ0v) is 14.2. The number of rotatable bonds is 5. The smallest absolute Gasteiger partial charge is 0.267 e. The van der Waals surface area contributed by atoms with Gasteiger partial charge in [0.15, 0.2) is 0 Å². The molecule has 2 aromatic heterocycles. The second-order valence-electron chi connectivity index (χ2n) is 5.74. The minimum Gasteiger partial charge on any atom is -0.267 e. The molecule has 0 unspecified atom stereocenters. The summed E-state index contributed by atoms with van der Waals surface area (Å²) in [5.74, 6) is -0.262. The lowest BCUT2D eigenvalue weighted by atomic mass is 10.1. The Morgan fingerprint density at radius 2 is 2.08 bits per heavy atom. The minimum atomic E-state index is -0.262. The molecule has 2 heterocycles. The number of pyridine rings is 1. The van der Waals surface area contributed by atoms with E-state index in [1.165, 1.54) is 6.21 Å². The third kappa shape index (κ3) is 4.38. The number of hydrogen-bond donors (Lipinski definition) is 1. The Labute approximate surface area is 146 Å². The van der Waals surface area contributed by atoms with Crippen molar-refractivity contribution < 1.29 is 4.79 Å². The Kier molecular flexibility index (Phi) is 4.99. The van der Waals surface area contributed by atoms with Crippen molar-refractivity contribution in [2.75, 3.05) is 0 Å². The molecule has 0 saturated heterocycles. The number of nitrogens with zero attached hydrogens (tertiary/aromatic N) is 4. The fourth-order valence-corrected chi connectivity index (χ4v) is 2.49. The molecular weight excluding hydrogens is 314 g/mol. The summed E-state index contributed by atoms with van der Waals surface area (Å²) < 4.78 is 1.92. The van der Waals surface area contributed by atoms with Crippen LogP contribution in [0.4, 0.5) is 0 Å². The molecule has 1 aromatic carbocycles. The molecule has 3 rings (SSSR count). The largest absolute Gasteiger partial charge is 0.271 e. The van der Waals surface area contributed by atoms with Crippen molar-refractivity contribution in [3.05, 3.63) is 82.9 Å². The lowest BCUT2D eigenvalue weighted by Gasteiger charge is -2.06. The molecule has 0 aliphatic heterocycles. The first kappa shape index (κ1) is 16.6. The molecule has 126 valence electrons. The van der Waals surface area contributed by atoms with Crippen LogP contribution in [0.2, 0.25) is 0 Å². The van der Waals surface area contributed by atoms with Crippen molar-refractivity contribution >= 4 is 12.1 Å². The van der Waals surface area contributed by atoms with Gasteiger partial charge in [-0.1, -0.05) is 18.2 Å². The molecule has 0 spiro atoms. The third-order valence-corrected chi connectivity index (χ3v) is 3.68. The van der Waals surface area contributed by atoms with Gasteiger partial charge in [-0.15, -0.1) is 0 Å². The highest BCUT2D eigenvalue weighted by Crippen LogP contribution is 2.10. The van der Waals surface area contributed by atoms with Gasteiger partial charge in [-0.3, -0.25) is 14.5 Å². The predicted octanol–water partition coefficient (Wildman–Crippen LogP) is 2.71. The molecule has 6 nitrogen and oxygen atoms in total. The predicted molar refractivity (Wildman–Crippen MR) is 96.5 cm³/mol. The van der Waals surface area contributed by atoms with Crippen LogP contribution in [-0.2, 0) is 6.54 Å². The Bertz CT molecular complexity index is 899. The summed E-state index contributed by atoms with van der Waals surface area (Å²) in [6.45, 7) is 4.61. The van der Waals surface area contributed by atoms with Gasteiger partial charge in [0, 0.05) is 17.5 Å². The average molecular weight is 333 g/mol. The van der Waals surface area contributed by atoms with E-state index < -0.39 is 0 Å². The quantitative estimate of drug-likeness (QED) is 0.576. The summed E-state index contributed by atoms with van der Waals surface area (Å²) in [4.78, 5) is 16.4. The van der Waals surface area contributed by atoms with Gasteiger partial charge in [0.25, 0.3) is 5.91 Å². The zero-order chi connectivity index (χ0) is 17.6. The van der Waals surface area contributed by atoms with Crippen LogP contribution >= 0.6 is 0 Å². The maximum absolute atomic E-state index is 12.2. The average Bonchev–Trinajstić information content (AvgIpc) is 2.93. The van der Waals surface area contributed by atoms with E-state index >= 15 is 0 Å². The number of nitrogens with one attached hydrogen (secondary N) is 1. The van der Waals surface area contributed by atoms with Gasteiger partial charge >= 0.3 is 0 Å². The van der Waals surface area contributed by atoms with Gasteiger partial charge in [0.05, 0.1) is 24.1 Å². The first-order valence-electron chi connectivity index (χ1n) is 7.96. The summed E-state index contributed by atoms with van der Waals surface area (Å²) in [6.07, 6.45) is 3.18. The minimum absolute atomic E-state index is 0.262. The Balaban J connectivity index is 1.67. The number of amides is 1. The Hall–Kier alpha value is -3.28. The summed E-state index contributed by atoms with van der Waals surface area (Å²) >= 11 is 0. The molecule has 3 aromatic rings. The number of carbonyl (C=O) groups is 1. The number of hydrogen-bond acceptors (Lipinski definition) is 4. The molecule has 0 bridgehead atoms. The van der Waals surface area contributed by atoms with Crippen LogP contribution in [0.15, 0.2) is 59.8 Å². The number of benzene rings is 1. The van der Waals surface area contributed by atoms with Crippen LogP contribution in [-0.4, -0.2) is 26.9 Å². The van der Waals surface area contributed by atoms with Gasteiger partial charge in [0.2, 0.25) is 0 Å². The van der Waals surface area contributed by atoms with Gasteiger partial charge in [-0.25, -0.2) is 5.43 Å². The Morgan fingerprint density at radius 1 is 1.20 bits per heavy atom. The van der Waals surface area contributed by atoms with Crippen molar-refractivity contribution in [3.8, 4) is 0 Å². The zero-order valence-electron chi connectivity index (χ0n) is 14.2. The molecule has 1 amide bonds. The van der Waals surface area contributed by atoms with Crippen molar-refractivity contribution in [1.82, 2.24) is 20.2 Å². The SMILES string of the molecule is Cc1cc(C)n(Cc2cccc(C(=O)NN=Cc3ccccn3)c2)n1. The third-order valence-electron chi connectivity index (χ3n) is 3.68. The van der Waals surface area contributed by atoms with E-state index in [0.29, 0.717) is 17.8 Å². The van der Waals surface area contributed by atoms with Gasteiger partial charge in [0.1, 0.15) is 0 Å². The molecule has 0 aliphatic carbocycles. The number of carbonyl (C=O) groups excluding carboxylic acids is 1. The van der Waals surface area contributed by atoms with Crippen molar-refractivity contribution in [3.63, 3.8) is 0 Å². The van der Waals surface area contributed by atoms with E-state index in [9.17, 15) is 4.79 Å². The molecule has 0 atom stereocenters. The summed E-state index contributed by atoms with van der Waals surface area (Å²) in [7, 11) is 0. The monoisotopic (exact) mass is 333 g/mol. The standard InChI is InChI=1S/C19H19N5O/c1-14-10-15(2)24(23-14)13-16-6-5-7-17(11-16)19(25)22-21-12-18-8-3-4-9-20-18/h3-12H,13H2,1-2H3,(H,22,25). The van der Waals surface area contributed by atoms with Crippen molar-refractivity contribution in [2.24, 2.45) is 5.10 Å². The normalized spacial score (nSPS) is 11.0. The first-order valence-corrected chi connectivity index (χ1v) is 7.96. The van der Waals surface area contributed by atoms with E-state index in [2.05, 4.69) is 20.6 Å². The molecule has 0 radical (unpaired) electrons. The molecule has 0 fully saturated rings. The van der Waals surface area contributed by atoms with Crippen LogP contribution < -0.4 is 5.43 Å². The van der Waals surface area contributed by atoms with E-state index in [4.69, 9.17) is 0 Å². The summed E-state index contributed by atoms with van der Waals surface area (Å²) in [5, 5.41) is 8.39. The second kappa shape index (κ2) is 7.53. The molecule has 25 heavy (non-hydrogen) atoms. The highest BCUT2D eigenvalue weighted by molar-refractivity contribution is 5.94. The van der Waals surface area contributed by atoms with E-state index in [1.807, 2.05) is 61.0 Å². The second-order valence-corrected chi connectivity index (χ2v) is 5.74. The molecular formula is C19H19N5O. The summed E-state index contributed by atoms with van der Waals surface area (Å²) in [5.41, 5.74) is 6.84. The van der Waals surface area contributed by atoms with E-state index in [-0.39, 0.29) is 5.91 Å². The highest BCUT2D eigenvalue weighted by Gasteiger charge is 2.07.